The molecule has 16 heavy (non-hydrogen) atoms. The van der Waals surface area contributed by atoms with Gasteiger partial charge in [-0.1, -0.05) is 45.1 Å². The van der Waals surface area contributed by atoms with Crippen molar-refractivity contribution in [1.29, 1.82) is 0 Å². The Morgan fingerprint density at radius 1 is 1.19 bits per heavy atom. The molecule has 0 aliphatic heterocycles. The minimum absolute atomic E-state index is 0.137. The van der Waals surface area contributed by atoms with Crippen molar-refractivity contribution in [3.8, 4) is 0 Å². The molecule has 0 saturated heterocycles. The van der Waals surface area contributed by atoms with Gasteiger partial charge in [-0.15, -0.1) is 6.58 Å². The highest BCUT2D eigenvalue weighted by Gasteiger charge is 2.15. The molecule has 0 aliphatic carbocycles. The van der Waals surface area contributed by atoms with E-state index in [0.29, 0.717) is 0 Å². The molecule has 0 aromatic heterocycles. The van der Waals surface area contributed by atoms with Gasteiger partial charge in [-0.2, -0.15) is 0 Å². The molecule has 0 bridgehead atoms. The van der Waals surface area contributed by atoms with E-state index >= 15 is 0 Å². The first kappa shape index (κ1) is 15.2. The maximum atomic E-state index is 11.0. The lowest BCUT2D eigenvalue weighted by Gasteiger charge is -2.11. The topological polar surface area (TPSA) is 37.3 Å². The summed E-state index contributed by atoms with van der Waals surface area (Å²) in [6.45, 7) is 5.84. The van der Waals surface area contributed by atoms with Gasteiger partial charge in [0, 0.05) is 0 Å². The number of unbranched alkanes of at least 4 members (excludes halogenated alkanes) is 5. The average Bonchev–Trinajstić information content (AvgIpc) is 2.26. The van der Waals surface area contributed by atoms with Crippen LogP contribution in [0.5, 0.6) is 0 Å². The Hall–Kier alpha value is -0.790. The molecule has 0 fully saturated rings. The van der Waals surface area contributed by atoms with Gasteiger partial charge in [0.2, 0.25) is 0 Å². The summed E-state index contributed by atoms with van der Waals surface area (Å²) in [5, 5.41) is 9.05. The van der Waals surface area contributed by atoms with Gasteiger partial charge in [0.1, 0.15) is 0 Å². The van der Waals surface area contributed by atoms with Gasteiger partial charge >= 0.3 is 5.97 Å². The summed E-state index contributed by atoms with van der Waals surface area (Å²) in [6.07, 6.45) is 11.4. The normalized spacial score (nSPS) is 12.3. The third kappa shape index (κ3) is 8.51. The van der Waals surface area contributed by atoms with Crippen LogP contribution in [0.1, 0.15) is 64.7 Å². The van der Waals surface area contributed by atoms with E-state index in [0.717, 1.165) is 32.1 Å². The average molecular weight is 226 g/mol. The molecule has 0 saturated carbocycles. The molecule has 1 N–H and O–H groups in total. The first-order valence-electron chi connectivity index (χ1n) is 6.56. The number of hydrogen-bond donors (Lipinski definition) is 1. The Morgan fingerprint density at radius 3 is 2.38 bits per heavy atom. The molecule has 0 radical (unpaired) electrons. The number of carboxylic acid groups (broad SMARTS) is 1. The second-order valence-electron chi connectivity index (χ2n) is 4.46. The molecule has 0 amide bonds. The molecule has 0 heterocycles. The van der Waals surface area contributed by atoms with Crippen molar-refractivity contribution in [2.24, 2.45) is 5.92 Å². The summed E-state index contributed by atoms with van der Waals surface area (Å²) in [5.41, 5.74) is 0. The molecule has 2 nitrogen and oxygen atoms in total. The summed E-state index contributed by atoms with van der Waals surface area (Å²) < 4.78 is 0. The zero-order chi connectivity index (χ0) is 12.2. The molecule has 0 aromatic carbocycles. The van der Waals surface area contributed by atoms with Crippen LogP contribution in [-0.2, 0) is 4.79 Å². The van der Waals surface area contributed by atoms with Crippen LogP contribution in [0.2, 0.25) is 0 Å². The number of allylic oxidation sites excluding steroid dienone is 1. The lowest BCUT2D eigenvalue weighted by molar-refractivity contribution is -0.142. The van der Waals surface area contributed by atoms with Crippen LogP contribution in [0.25, 0.3) is 0 Å². The highest BCUT2D eigenvalue weighted by Crippen LogP contribution is 2.17. The zero-order valence-electron chi connectivity index (χ0n) is 10.6. The van der Waals surface area contributed by atoms with E-state index in [1.165, 1.54) is 25.7 Å². The van der Waals surface area contributed by atoms with Crippen molar-refractivity contribution in [3.63, 3.8) is 0 Å². The number of rotatable bonds is 11. The molecule has 2 heteroatoms. The molecule has 0 aromatic rings. The molecular weight excluding hydrogens is 200 g/mol. The van der Waals surface area contributed by atoms with E-state index in [2.05, 4.69) is 13.5 Å². The summed E-state index contributed by atoms with van der Waals surface area (Å²) in [5.74, 6) is -0.763. The minimum atomic E-state index is -0.625. The highest BCUT2D eigenvalue weighted by atomic mass is 16.4. The van der Waals surface area contributed by atoms with E-state index in [9.17, 15) is 4.79 Å². The van der Waals surface area contributed by atoms with E-state index in [1.54, 1.807) is 0 Å². The van der Waals surface area contributed by atoms with Crippen LogP contribution in [-0.4, -0.2) is 11.1 Å². The Bertz CT molecular complexity index is 187. The smallest absolute Gasteiger partial charge is 0.306 e. The summed E-state index contributed by atoms with van der Waals surface area (Å²) in [6, 6.07) is 0. The van der Waals surface area contributed by atoms with Crippen molar-refractivity contribution < 1.29 is 9.90 Å². The maximum Gasteiger partial charge on any atom is 0.306 e. The molecule has 0 rings (SSSR count). The monoisotopic (exact) mass is 226 g/mol. The van der Waals surface area contributed by atoms with Gasteiger partial charge < -0.3 is 5.11 Å². The van der Waals surface area contributed by atoms with E-state index in [4.69, 9.17) is 5.11 Å². The highest BCUT2D eigenvalue weighted by molar-refractivity contribution is 5.69. The van der Waals surface area contributed by atoms with E-state index in [1.807, 2.05) is 6.08 Å². The second kappa shape index (κ2) is 10.7. The van der Waals surface area contributed by atoms with Gasteiger partial charge in [0.15, 0.2) is 0 Å². The van der Waals surface area contributed by atoms with Crippen LogP contribution < -0.4 is 0 Å². The second-order valence-corrected chi connectivity index (χ2v) is 4.46. The summed E-state index contributed by atoms with van der Waals surface area (Å²) in [4.78, 5) is 11.0. The molecule has 1 atom stereocenters. The van der Waals surface area contributed by atoms with Crippen molar-refractivity contribution in [2.75, 3.05) is 0 Å². The van der Waals surface area contributed by atoms with Crippen LogP contribution in [0.3, 0.4) is 0 Å². The van der Waals surface area contributed by atoms with Crippen LogP contribution in [0.15, 0.2) is 12.7 Å². The van der Waals surface area contributed by atoms with Crippen LogP contribution >= 0.6 is 0 Å². The molecular formula is C14H26O2. The standard InChI is InChI=1S/C14H26O2/c1-3-5-7-8-10-12-13(14(15)16)11-9-6-4-2/h4,13H,2-3,5-12H2,1H3,(H,15,16). The molecule has 94 valence electrons. The SMILES string of the molecule is C=CCCCC(CCCCCCC)C(=O)O. The lowest BCUT2D eigenvalue weighted by Crippen LogP contribution is -2.13. The third-order valence-corrected chi connectivity index (χ3v) is 2.97. The largest absolute Gasteiger partial charge is 0.481 e. The Labute approximate surface area is 99.7 Å². The predicted molar refractivity (Wildman–Crippen MR) is 68.5 cm³/mol. The van der Waals surface area contributed by atoms with Gasteiger partial charge in [-0.3, -0.25) is 4.79 Å². The number of hydrogen-bond acceptors (Lipinski definition) is 1. The summed E-state index contributed by atoms with van der Waals surface area (Å²) >= 11 is 0. The van der Waals surface area contributed by atoms with Crippen LogP contribution in [0, 0.1) is 5.92 Å². The summed E-state index contributed by atoms with van der Waals surface area (Å²) in [7, 11) is 0. The van der Waals surface area contributed by atoms with Gasteiger partial charge in [0.05, 0.1) is 5.92 Å². The molecule has 0 aliphatic rings. The maximum absolute atomic E-state index is 11.0. The van der Waals surface area contributed by atoms with Gasteiger partial charge in [0.25, 0.3) is 0 Å². The minimum Gasteiger partial charge on any atom is -0.481 e. The number of carboxylic acids is 1. The predicted octanol–water partition coefficient (Wildman–Crippen LogP) is 4.40. The Kier molecular flexibility index (Phi) is 10.2. The van der Waals surface area contributed by atoms with Crippen molar-refractivity contribution >= 4 is 5.97 Å². The lowest BCUT2D eigenvalue weighted by atomic mass is 9.95. The quantitative estimate of drug-likeness (QED) is 0.418. The zero-order valence-corrected chi connectivity index (χ0v) is 10.6. The van der Waals surface area contributed by atoms with Crippen molar-refractivity contribution in [1.82, 2.24) is 0 Å². The third-order valence-electron chi connectivity index (χ3n) is 2.97. The molecule has 0 spiro atoms. The van der Waals surface area contributed by atoms with Crippen molar-refractivity contribution in [2.45, 2.75) is 64.7 Å². The van der Waals surface area contributed by atoms with E-state index in [-0.39, 0.29) is 5.92 Å². The fraction of sp³-hybridized carbons (Fsp3) is 0.786. The Balaban J connectivity index is 3.60. The number of aliphatic carboxylic acids is 1. The van der Waals surface area contributed by atoms with E-state index < -0.39 is 5.97 Å². The first-order valence-corrected chi connectivity index (χ1v) is 6.56. The first-order chi connectivity index (χ1) is 7.72. The van der Waals surface area contributed by atoms with Gasteiger partial charge in [-0.05, 0) is 25.7 Å². The fourth-order valence-electron chi connectivity index (χ4n) is 1.89. The molecule has 1 unspecified atom stereocenters. The van der Waals surface area contributed by atoms with Crippen LogP contribution in [0.4, 0.5) is 0 Å². The van der Waals surface area contributed by atoms with Crippen molar-refractivity contribution in [3.05, 3.63) is 12.7 Å². The van der Waals surface area contributed by atoms with Gasteiger partial charge in [-0.25, -0.2) is 0 Å². The Morgan fingerprint density at radius 2 is 1.81 bits per heavy atom. The fourth-order valence-corrected chi connectivity index (χ4v) is 1.89. The number of carbonyl (C=O) groups is 1.